The van der Waals surface area contributed by atoms with Crippen molar-refractivity contribution >= 4 is 22.9 Å². The summed E-state index contributed by atoms with van der Waals surface area (Å²) < 4.78 is 2.46. The van der Waals surface area contributed by atoms with Gasteiger partial charge in [0.15, 0.2) is 0 Å². The van der Waals surface area contributed by atoms with Crippen LogP contribution in [0.2, 0.25) is 4.34 Å². The summed E-state index contributed by atoms with van der Waals surface area (Å²) >= 11 is 7.15. The molecule has 0 aliphatic heterocycles. The highest BCUT2D eigenvalue weighted by atomic mass is 35.5. The largest absolute Gasteiger partial charge is 0.380 e. The maximum absolute atomic E-state index is 9.94. The lowest BCUT2D eigenvalue weighted by Crippen LogP contribution is -2.05. The molecule has 0 bridgehead atoms. The predicted molar refractivity (Wildman–Crippen MR) is 56.6 cm³/mol. The van der Waals surface area contributed by atoms with Gasteiger partial charge in [-0.25, -0.2) is 4.98 Å². The Morgan fingerprint density at radius 2 is 2.36 bits per heavy atom. The summed E-state index contributed by atoms with van der Waals surface area (Å²) in [6.07, 6.45) is 2.77. The van der Waals surface area contributed by atoms with E-state index in [1.807, 2.05) is 13.1 Å². The lowest BCUT2D eigenvalue weighted by molar-refractivity contribution is 0.210. The molecule has 0 radical (unpaired) electrons. The first-order valence-corrected chi connectivity index (χ1v) is 5.28. The van der Waals surface area contributed by atoms with Crippen molar-refractivity contribution in [1.29, 1.82) is 0 Å². The van der Waals surface area contributed by atoms with Crippen molar-refractivity contribution in [3.8, 4) is 0 Å². The van der Waals surface area contributed by atoms with Gasteiger partial charge in [0, 0.05) is 24.3 Å². The van der Waals surface area contributed by atoms with Crippen molar-refractivity contribution in [3.05, 3.63) is 39.6 Å². The van der Waals surface area contributed by atoms with Gasteiger partial charge in [-0.05, 0) is 12.1 Å². The highest BCUT2D eigenvalue weighted by Crippen LogP contribution is 2.29. The van der Waals surface area contributed by atoms with E-state index in [9.17, 15) is 5.11 Å². The fourth-order valence-electron chi connectivity index (χ4n) is 1.24. The first-order chi connectivity index (χ1) is 6.68. The zero-order valence-electron chi connectivity index (χ0n) is 7.51. The highest BCUT2D eigenvalue weighted by molar-refractivity contribution is 7.16. The molecule has 2 heterocycles. The van der Waals surface area contributed by atoms with Gasteiger partial charge in [-0.3, -0.25) is 0 Å². The van der Waals surface area contributed by atoms with Crippen molar-refractivity contribution in [2.24, 2.45) is 7.05 Å². The Balaban J connectivity index is 2.33. The molecule has 0 amide bonds. The van der Waals surface area contributed by atoms with Gasteiger partial charge in [0.25, 0.3) is 0 Å². The lowest BCUT2D eigenvalue weighted by atomic mass is 10.3. The van der Waals surface area contributed by atoms with E-state index < -0.39 is 6.10 Å². The number of thiophene rings is 1. The highest BCUT2D eigenvalue weighted by Gasteiger charge is 2.16. The number of rotatable bonds is 2. The van der Waals surface area contributed by atoms with Crippen molar-refractivity contribution in [2.45, 2.75) is 6.10 Å². The Hall–Kier alpha value is -0.840. The Morgan fingerprint density at radius 1 is 1.57 bits per heavy atom. The standard InChI is InChI=1S/C9H9ClN2OS/c1-12-5-4-11-9(12)8(13)6-2-3-7(10)14-6/h2-5,8,13H,1H3. The van der Waals surface area contributed by atoms with E-state index in [4.69, 9.17) is 11.6 Å². The molecular weight excluding hydrogens is 220 g/mol. The molecule has 0 aromatic carbocycles. The van der Waals surface area contributed by atoms with Crippen molar-refractivity contribution in [1.82, 2.24) is 9.55 Å². The topological polar surface area (TPSA) is 38.0 Å². The van der Waals surface area contributed by atoms with Crippen LogP contribution in [-0.2, 0) is 7.05 Å². The second-order valence-corrected chi connectivity index (χ2v) is 4.69. The molecule has 74 valence electrons. The van der Waals surface area contributed by atoms with E-state index in [1.165, 1.54) is 11.3 Å². The number of aryl methyl sites for hydroxylation is 1. The third-order valence-electron chi connectivity index (χ3n) is 1.97. The maximum atomic E-state index is 9.94. The Morgan fingerprint density at radius 3 is 2.86 bits per heavy atom. The number of aliphatic hydroxyl groups is 1. The van der Waals surface area contributed by atoms with Gasteiger partial charge in [0.1, 0.15) is 11.9 Å². The molecule has 0 saturated carbocycles. The van der Waals surface area contributed by atoms with Crippen LogP contribution in [0.4, 0.5) is 0 Å². The smallest absolute Gasteiger partial charge is 0.146 e. The molecule has 0 saturated heterocycles. The fraction of sp³-hybridized carbons (Fsp3) is 0.222. The van der Waals surface area contributed by atoms with Gasteiger partial charge < -0.3 is 9.67 Å². The molecule has 0 aliphatic carbocycles. The molecule has 14 heavy (non-hydrogen) atoms. The molecule has 3 nitrogen and oxygen atoms in total. The van der Waals surface area contributed by atoms with Crippen LogP contribution in [0, 0.1) is 0 Å². The van der Waals surface area contributed by atoms with Gasteiger partial charge >= 0.3 is 0 Å². The molecular formula is C9H9ClN2OS. The van der Waals surface area contributed by atoms with E-state index in [-0.39, 0.29) is 0 Å². The minimum atomic E-state index is -0.688. The second kappa shape index (κ2) is 3.73. The van der Waals surface area contributed by atoms with Crippen LogP contribution in [0.5, 0.6) is 0 Å². The molecule has 1 atom stereocenters. The molecule has 1 unspecified atom stereocenters. The van der Waals surface area contributed by atoms with Crippen LogP contribution in [0.25, 0.3) is 0 Å². The average molecular weight is 229 g/mol. The maximum Gasteiger partial charge on any atom is 0.146 e. The predicted octanol–water partition coefficient (Wildman–Crippen LogP) is 2.22. The Labute approximate surface area is 90.6 Å². The number of nitrogens with zero attached hydrogens (tertiary/aromatic N) is 2. The summed E-state index contributed by atoms with van der Waals surface area (Å²) in [7, 11) is 1.85. The summed E-state index contributed by atoms with van der Waals surface area (Å²) in [4.78, 5) is 4.89. The molecule has 0 spiro atoms. The fourth-order valence-corrected chi connectivity index (χ4v) is 2.29. The van der Waals surface area contributed by atoms with E-state index in [2.05, 4.69) is 4.98 Å². The quantitative estimate of drug-likeness (QED) is 0.856. The minimum absolute atomic E-state index is 0.628. The molecule has 2 aromatic rings. The van der Waals surface area contributed by atoms with Gasteiger partial charge in [0.2, 0.25) is 0 Å². The first-order valence-electron chi connectivity index (χ1n) is 4.09. The van der Waals surface area contributed by atoms with Gasteiger partial charge in [0.05, 0.1) is 4.34 Å². The zero-order valence-corrected chi connectivity index (χ0v) is 9.09. The van der Waals surface area contributed by atoms with E-state index in [1.54, 1.807) is 23.0 Å². The van der Waals surface area contributed by atoms with Crippen molar-refractivity contribution in [2.75, 3.05) is 0 Å². The average Bonchev–Trinajstić information content (AvgIpc) is 2.73. The Kier molecular flexibility index (Phi) is 2.58. The Bertz CT molecular complexity index is 437. The van der Waals surface area contributed by atoms with Crippen LogP contribution in [0.1, 0.15) is 16.8 Å². The lowest BCUT2D eigenvalue weighted by Gasteiger charge is -2.07. The molecule has 5 heteroatoms. The van der Waals surface area contributed by atoms with Crippen LogP contribution in [0.3, 0.4) is 0 Å². The van der Waals surface area contributed by atoms with Crippen molar-refractivity contribution in [3.63, 3.8) is 0 Å². The summed E-state index contributed by atoms with van der Waals surface area (Å²) in [5.41, 5.74) is 0. The number of hydrogen-bond donors (Lipinski definition) is 1. The monoisotopic (exact) mass is 228 g/mol. The van der Waals surface area contributed by atoms with Crippen LogP contribution in [0.15, 0.2) is 24.5 Å². The van der Waals surface area contributed by atoms with E-state index in [0.717, 1.165) is 4.88 Å². The molecule has 2 rings (SSSR count). The zero-order chi connectivity index (χ0) is 10.1. The molecule has 2 aromatic heterocycles. The van der Waals surface area contributed by atoms with Gasteiger partial charge in [-0.2, -0.15) is 0 Å². The first kappa shape index (κ1) is 9.71. The summed E-state index contributed by atoms with van der Waals surface area (Å²) in [6.45, 7) is 0. The van der Waals surface area contributed by atoms with Gasteiger partial charge in [-0.15, -0.1) is 11.3 Å². The molecule has 0 aliphatic rings. The number of hydrogen-bond acceptors (Lipinski definition) is 3. The third kappa shape index (κ3) is 1.68. The van der Waals surface area contributed by atoms with E-state index >= 15 is 0 Å². The minimum Gasteiger partial charge on any atom is -0.380 e. The second-order valence-electron chi connectivity index (χ2n) is 2.94. The van der Waals surface area contributed by atoms with Crippen molar-refractivity contribution < 1.29 is 5.11 Å². The number of aliphatic hydroxyl groups excluding tert-OH is 1. The molecule has 0 fully saturated rings. The SMILES string of the molecule is Cn1ccnc1C(O)c1ccc(Cl)s1. The van der Waals surface area contributed by atoms with Crippen LogP contribution in [-0.4, -0.2) is 14.7 Å². The number of halogens is 1. The summed E-state index contributed by atoms with van der Waals surface area (Å²) in [6, 6.07) is 3.58. The molecule has 1 N–H and O–H groups in total. The van der Waals surface area contributed by atoms with Crippen LogP contribution >= 0.6 is 22.9 Å². The summed E-state index contributed by atoms with van der Waals surface area (Å²) in [5.74, 6) is 0.628. The van der Waals surface area contributed by atoms with E-state index in [0.29, 0.717) is 10.2 Å². The van der Waals surface area contributed by atoms with Gasteiger partial charge in [-0.1, -0.05) is 11.6 Å². The van der Waals surface area contributed by atoms with Crippen LogP contribution < -0.4 is 0 Å². The number of imidazole rings is 1. The normalized spacial score (nSPS) is 13.1. The number of aromatic nitrogens is 2. The third-order valence-corrected chi connectivity index (χ3v) is 3.25. The summed E-state index contributed by atoms with van der Waals surface area (Å²) in [5, 5.41) is 9.94.